The van der Waals surface area contributed by atoms with Gasteiger partial charge in [-0.2, -0.15) is 8.78 Å². The zero-order valence-electron chi connectivity index (χ0n) is 12.9. The average Bonchev–Trinajstić information content (AvgIpc) is 3.35. The summed E-state index contributed by atoms with van der Waals surface area (Å²) >= 11 is 0. The third-order valence-corrected chi connectivity index (χ3v) is 4.18. The van der Waals surface area contributed by atoms with Crippen LogP contribution in [-0.2, 0) is 4.79 Å². The van der Waals surface area contributed by atoms with Crippen LogP contribution in [0.3, 0.4) is 0 Å². The van der Waals surface area contributed by atoms with Crippen molar-refractivity contribution in [3.8, 4) is 0 Å². The Labute approximate surface area is 136 Å². The lowest BCUT2D eigenvalue weighted by Gasteiger charge is -2.17. The fourth-order valence-electron chi connectivity index (χ4n) is 2.65. The second-order valence-electron chi connectivity index (χ2n) is 6.27. The van der Waals surface area contributed by atoms with Crippen LogP contribution >= 0.6 is 0 Å². The molecular formula is C15H18F2N4O3. The highest BCUT2D eigenvalue weighted by molar-refractivity contribution is 5.92. The lowest BCUT2D eigenvalue weighted by atomic mass is 10.1. The summed E-state index contributed by atoms with van der Waals surface area (Å²) in [5, 5.41) is 4.78. The van der Waals surface area contributed by atoms with Gasteiger partial charge in [0.1, 0.15) is 11.5 Å². The molecule has 1 saturated heterocycles. The molecule has 0 bridgehead atoms. The first-order valence-electron chi connectivity index (χ1n) is 7.93. The quantitative estimate of drug-likeness (QED) is 0.750. The summed E-state index contributed by atoms with van der Waals surface area (Å²) in [6, 6.07) is 0.529. The summed E-state index contributed by atoms with van der Waals surface area (Å²) in [4.78, 5) is 41.9. The molecule has 2 aliphatic rings. The summed E-state index contributed by atoms with van der Waals surface area (Å²) in [6.07, 6.45) is 1.88. The molecule has 2 fully saturated rings. The van der Waals surface area contributed by atoms with Gasteiger partial charge in [0.05, 0.1) is 0 Å². The van der Waals surface area contributed by atoms with Gasteiger partial charge in [-0.25, -0.2) is 4.98 Å². The monoisotopic (exact) mass is 340 g/mol. The molecule has 1 unspecified atom stereocenters. The number of hydrogen-bond donors (Lipinski definition) is 3. The number of halogens is 2. The standard InChI is InChI=1S/C15H18F2N4O3/c16-15(17)5-1-2-9(19-14(15)24)7-18-13(23)10-6-11(22)21-12(20-10)8-3-4-8/h6,8-9H,1-5,7H2,(H,18,23)(H,19,24)(H,20,21,22). The van der Waals surface area contributed by atoms with Crippen molar-refractivity contribution in [2.24, 2.45) is 0 Å². The molecule has 3 N–H and O–H groups in total. The molecule has 7 nitrogen and oxygen atoms in total. The second kappa shape index (κ2) is 6.29. The van der Waals surface area contributed by atoms with E-state index in [0.29, 0.717) is 12.2 Å². The predicted molar refractivity (Wildman–Crippen MR) is 79.9 cm³/mol. The normalized spacial score (nSPS) is 23.2. The third kappa shape index (κ3) is 3.77. The van der Waals surface area contributed by atoms with Crippen LogP contribution in [0, 0.1) is 0 Å². The number of hydrogen-bond acceptors (Lipinski definition) is 4. The van der Waals surface area contributed by atoms with Crippen molar-refractivity contribution in [2.45, 2.75) is 50.0 Å². The molecule has 2 heterocycles. The Bertz CT molecular complexity index is 715. The maximum atomic E-state index is 13.3. The number of alkyl halides is 2. The first-order chi connectivity index (χ1) is 11.3. The lowest BCUT2D eigenvalue weighted by Crippen LogP contribution is -2.47. The Hall–Kier alpha value is -2.32. The van der Waals surface area contributed by atoms with E-state index in [4.69, 9.17) is 0 Å². The number of amides is 2. The summed E-state index contributed by atoms with van der Waals surface area (Å²) in [6.45, 7) is 0.00783. The van der Waals surface area contributed by atoms with Crippen LogP contribution in [0.4, 0.5) is 8.78 Å². The van der Waals surface area contributed by atoms with E-state index in [-0.39, 0.29) is 24.6 Å². The van der Waals surface area contributed by atoms with Crippen molar-refractivity contribution in [1.29, 1.82) is 0 Å². The molecule has 0 radical (unpaired) electrons. The zero-order chi connectivity index (χ0) is 17.3. The number of rotatable bonds is 4. The van der Waals surface area contributed by atoms with Crippen LogP contribution in [0.5, 0.6) is 0 Å². The van der Waals surface area contributed by atoms with Crippen molar-refractivity contribution in [3.63, 3.8) is 0 Å². The molecule has 0 aromatic carbocycles. The molecule has 1 aromatic heterocycles. The Morgan fingerprint density at radius 2 is 2.08 bits per heavy atom. The molecule has 1 aliphatic heterocycles. The summed E-state index contributed by atoms with van der Waals surface area (Å²) in [5.41, 5.74) is -0.412. The summed E-state index contributed by atoms with van der Waals surface area (Å²) in [7, 11) is 0. The maximum Gasteiger partial charge on any atom is 0.324 e. The van der Waals surface area contributed by atoms with Crippen LogP contribution in [0.25, 0.3) is 0 Å². The molecule has 130 valence electrons. The predicted octanol–water partition coefficient (Wildman–Crippen LogP) is 0.681. The fourth-order valence-corrected chi connectivity index (χ4v) is 2.65. The Morgan fingerprint density at radius 3 is 2.79 bits per heavy atom. The maximum absolute atomic E-state index is 13.3. The van der Waals surface area contributed by atoms with E-state index >= 15 is 0 Å². The Balaban J connectivity index is 1.61. The van der Waals surface area contributed by atoms with E-state index in [2.05, 4.69) is 20.6 Å². The van der Waals surface area contributed by atoms with E-state index < -0.39 is 35.8 Å². The van der Waals surface area contributed by atoms with Gasteiger partial charge in [-0.1, -0.05) is 0 Å². The molecule has 0 spiro atoms. The molecular weight excluding hydrogens is 322 g/mol. The van der Waals surface area contributed by atoms with Gasteiger partial charge in [0.2, 0.25) is 0 Å². The van der Waals surface area contributed by atoms with Gasteiger partial charge >= 0.3 is 5.92 Å². The number of aromatic amines is 1. The van der Waals surface area contributed by atoms with Gasteiger partial charge in [-0.05, 0) is 25.7 Å². The van der Waals surface area contributed by atoms with Crippen LogP contribution in [0.15, 0.2) is 10.9 Å². The van der Waals surface area contributed by atoms with Gasteiger partial charge in [-0.3, -0.25) is 14.4 Å². The van der Waals surface area contributed by atoms with E-state index in [0.717, 1.165) is 18.9 Å². The SMILES string of the molecule is O=C(NCC1CCCC(F)(F)C(=O)N1)c1cc(=O)[nH]c(C2CC2)n1. The molecule has 1 aliphatic carbocycles. The highest BCUT2D eigenvalue weighted by Crippen LogP contribution is 2.37. The Kier molecular flexibility index (Phi) is 4.33. The number of nitrogens with one attached hydrogen (secondary N) is 3. The molecule has 3 rings (SSSR count). The first-order valence-corrected chi connectivity index (χ1v) is 7.93. The molecule has 1 saturated carbocycles. The average molecular weight is 340 g/mol. The molecule has 1 aromatic rings. The van der Waals surface area contributed by atoms with Gasteiger partial charge in [0.15, 0.2) is 0 Å². The molecule has 24 heavy (non-hydrogen) atoms. The van der Waals surface area contributed by atoms with Crippen molar-refractivity contribution in [2.75, 3.05) is 6.54 Å². The van der Waals surface area contributed by atoms with Crippen LogP contribution in [0.2, 0.25) is 0 Å². The van der Waals surface area contributed by atoms with Crippen LogP contribution in [-0.4, -0.2) is 40.3 Å². The highest BCUT2D eigenvalue weighted by atomic mass is 19.3. The van der Waals surface area contributed by atoms with Gasteiger partial charge in [0, 0.05) is 31.0 Å². The van der Waals surface area contributed by atoms with E-state index in [9.17, 15) is 23.2 Å². The smallest absolute Gasteiger partial charge is 0.324 e. The van der Waals surface area contributed by atoms with E-state index in [1.54, 1.807) is 0 Å². The van der Waals surface area contributed by atoms with E-state index in [1.807, 2.05) is 0 Å². The van der Waals surface area contributed by atoms with Gasteiger partial charge < -0.3 is 15.6 Å². The van der Waals surface area contributed by atoms with Crippen molar-refractivity contribution in [1.82, 2.24) is 20.6 Å². The second-order valence-corrected chi connectivity index (χ2v) is 6.27. The topological polar surface area (TPSA) is 104 Å². The largest absolute Gasteiger partial charge is 0.349 e. The summed E-state index contributed by atoms with van der Waals surface area (Å²) < 4.78 is 26.6. The lowest BCUT2D eigenvalue weighted by molar-refractivity contribution is -0.145. The van der Waals surface area contributed by atoms with Crippen molar-refractivity contribution in [3.05, 3.63) is 27.9 Å². The Morgan fingerprint density at radius 1 is 1.33 bits per heavy atom. The number of carbonyl (C=O) groups is 2. The summed E-state index contributed by atoms with van der Waals surface area (Å²) in [5.74, 6) is -4.56. The minimum atomic E-state index is -3.37. The fraction of sp³-hybridized carbons (Fsp3) is 0.600. The van der Waals surface area contributed by atoms with Crippen LogP contribution in [0.1, 0.15) is 54.3 Å². The molecule has 1 atom stereocenters. The number of aromatic nitrogens is 2. The van der Waals surface area contributed by atoms with E-state index in [1.165, 1.54) is 0 Å². The number of carbonyl (C=O) groups excluding carboxylic acids is 2. The zero-order valence-corrected chi connectivity index (χ0v) is 12.9. The number of nitrogens with zero attached hydrogens (tertiary/aromatic N) is 1. The van der Waals surface area contributed by atoms with Crippen LogP contribution < -0.4 is 16.2 Å². The molecule has 2 amide bonds. The minimum Gasteiger partial charge on any atom is -0.349 e. The highest BCUT2D eigenvalue weighted by Gasteiger charge is 2.41. The first kappa shape index (κ1) is 16.5. The molecule has 9 heteroatoms. The minimum absolute atomic E-state index is 0.00783. The van der Waals surface area contributed by atoms with Crippen molar-refractivity contribution >= 4 is 11.8 Å². The van der Waals surface area contributed by atoms with Gasteiger partial charge in [0.25, 0.3) is 17.4 Å². The van der Waals surface area contributed by atoms with Crippen molar-refractivity contribution < 1.29 is 18.4 Å². The van der Waals surface area contributed by atoms with Gasteiger partial charge in [-0.15, -0.1) is 0 Å². The number of H-pyrrole nitrogens is 1. The third-order valence-electron chi connectivity index (χ3n) is 4.18.